The minimum Gasteiger partial charge on any atom is -0.341 e. The van der Waals surface area contributed by atoms with Crippen molar-refractivity contribution in [3.05, 3.63) is 35.8 Å². The van der Waals surface area contributed by atoms with Crippen molar-refractivity contribution in [2.75, 3.05) is 13.1 Å². The highest BCUT2D eigenvalue weighted by Crippen LogP contribution is 2.20. The largest absolute Gasteiger partial charge is 0.341 e. The summed E-state index contributed by atoms with van der Waals surface area (Å²) in [4.78, 5) is 26.5. The summed E-state index contributed by atoms with van der Waals surface area (Å²) >= 11 is 0. The van der Waals surface area contributed by atoms with Gasteiger partial charge in [-0.1, -0.05) is 6.07 Å². The molecule has 1 aliphatic rings. The number of carbonyl (C=O) groups excluding carboxylic acids is 1. The molecule has 0 bridgehead atoms. The van der Waals surface area contributed by atoms with Crippen LogP contribution in [0.5, 0.6) is 0 Å². The number of nitrogens with zero attached hydrogens (tertiary/aromatic N) is 4. The van der Waals surface area contributed by atoms with Crippen LogP contribution in [-0.2, 0) is 11.2 Å². The Balaban J connectivity index is 1.62. The van der Waals surface area contributed by atoms with Crippen molar-refractivity contribution >= 4 is 5.91 Å². The molecule has 2 aromatic rings. The summed E-state index contributed by atoms with van der Waals surface area (Å²) in [7, 11) is 0. The van der Waals surface area contributed by atoms with Gasteiger partial charge in [-0.05, 0) is 45.7 Å². The van der Waals surface area contributed by atoms with Crippen molar-refractivity contribution in [3.8, 4) is 17.6 Å². The highest BCUT2D eigenvalue weighted by molar-refractivity contribution is 5.79. The Kier molecular flexibility index (Phi) is 5.57. The first-order valence-corrected chi connectivity index (χ1v) is 9.30. The van der Waals surface area contributed by atoms with Crippen LogP contribution in [0, 0.1) is 18.3 Å². The number of hydrogen-bond acceptors (Lipinski definition) is 5. The number of nitriles is 1. The van der Waals surface area contributed by atoms with E-state index in [4.69, 9.17) is 10.2 Å². The minimum atomic E-state index is -0.307. The second-order valence-electron chi connectivity index (χ2n) is 7.66. The predicted molar refractivity (Wildman–Crippen MR) is 103 cm³/mol. The summed E-state index contributed by atoms with van der Waals surface area (Å²) in [5.74, 6) is 0.740. The maximum Gasteiger partial charge on any atom is 0.237 e. The third-order valence-electron chi connectivity index (χ3n) is 4.94. The van der Waals surface area contributed by atoms with Gasteiger partial charge in [-0.2, -0.15) is 5.26 Å². The van der Waals surface area contributed by atoms with E-state index in [1.165, 1.54) is 0 Å². The van der Waals surface area contributed by atoms with Crippen molar-refractivity contribution < 1.29 is 4.79 Å². The Bertz CT molecular complexity index is 836. The van der Waals surface area contributed by atoms with Gasteiger partial charge in [-0.25, -0.2) is 4.98 Å². The predicted octanol–water partition coefficient (Wildman–Crippen LogP) is 2.21. The molecule has 142 valence electrons. The van der Waals surface area contributed by atoms with Crippen LogP contribution in [0.3, 0.4) is 0 Å². The Morgan fingerprint density at radius 1 is 1.48 bits per heavy atom. The SMILES string of the molecule is Cc1[nH]c(-c2ccccn2)nc1CC(C)(C)NCC(=O)N1CCC[C@H]1C#N. The van der Waals surface area contributed by atoms with Crippen LogP contribution < -0.4 is 5.32 Å². The summed E-state index contributed by atoms with van der Waals surface area (Å²) in [5, 5.41) is 12.5. The Morgan fingerprint density at radius 3 is 3.00 bits per heavy atom. The van der Waals surface area contributed by atoms with Gasteiger partial charge in [0.2, 0.25) is 5.91 Å². The van der Waals surface area contributed by atoms with E-state index in [1.54, 1.807) is 11.1 Å². The molecule has 7 nitrogen and oxygen atoms in total. The van der Waals surface area contributed by atoms with E-state index >= 15 is 0 Å². The van der Waals surface area contributed by atoms with Gasteiger partial charge in [-0.15, -0.1) is 0 Å². The molecule has 0 unspecified atom stereocenters. The van der Waals surface area contributed by atoms with Gasteiger partial charge in [0.05, 0.1) is 18.3 Å². The second kappa shape index (κ2) is 7.89. The molecule has 1 aliphatic heterocycles. The number of hydrogen-bond donors (Lipinski definition) is 2. The van der Waals surface area contributed by atoms with Crippen molar-refractivity contribution in [2.24, 2.45) is 0 Å². The van der Waals surface area contributed by atoms with Crippen LogP contribution in [0.1, 0.15) is 38.1 Å². The van der Waals surface area contributed by atoms with Crippen LogP contribution in [0.25, 0.3) is 11.5 Å². The lowest BCUT2D eigenvalue weighted by Crippen LogP contribution is -2.48. The maximum atomic E-state index is 12.5. The number of aromatic amines is 1. The van der Waals surface area contributed by atoms with Crippen molar-refractivity contribution in [3.63, 3.8) is 0 Å². The second-order valence-corrected chi connectivity index (χ2v) is 7.66. The fourth-order valence-electron chi connectivity index (χ4n) is 3.39. The fraction of sp³-hybridized carbons (Fsp3) is 0.500. The first-order valence-electron chi connectivity index (χ1n) is 9.30. The number of imidazole rings is 1. The van der Waals surface area contributed by atoms with E-state index in [9.17, 15) is 4.79 Å². The molecule has 0 radical (unpaired) electrons. The summed E-state index contributed by atoms with van der Waals surface area (Å²) in [5.41, 5.74) is 2.46. The first-order chi connectivity index (χ1) is 12.9. The van der Waals surface area contributed by atoms with E-state index in [0.29, 0.717) is 13.0 Å². The molecular formula is C20H26N6O. The van der Waals surface area contributed by atoms with E-state index in [2.05, 4.69) is 35.2 Å². The van der Waals surface area contributed by atoms with Gasteiger partial charge in [0.15, 0.2) is 5.82 Å². The number of aryl methyl sites for hydroxylation is 1. The van der Waals surface area contributed by atoms with Crippen molar-refractivity contribution in [1.82, 2.24) is 25.2 Å². The quantitative estimate of drug-likeness (QED) is 0.817. The van der Waals surface area contributed by atoms with E-state index in [-0.39, 0.29) is 24.0 Å². The molecule has 1 amide bonds. The highest BCUT2D eigenvalue weighted by atomic mass is 16.2. The topological polar surface area (TPSA) is 97.7 Å². The molecule has 0 spiro atoms. The highest BCUT2D eigenvalue weighted by Gasteiger charge is 2.30. The Labute approximate surface area is 159 Å². The van der Waals surface area contributed by atoms with Gasteiger partial charge in [0.1, 0.15) is 11.7 Å². The van der Waals surface area contributed by atoms with Crippen molar-refractivity contribution in [1.29, 1.82) is 5.26 Å². The van der Waals surface area contributed by atoms with Crippen LogP contribution in [0.4, 0.5) is 0 Å². The number of amides is 1. The molecule has 1 saturated heterocycles. The van der Waals surface area contributed by atoms with Crippen LogP contribution in [0.15, 0.2) is 24.4 Å². The monoisotopic (exact) mass is 366 g/mol. The van der Waals surface area contributed by atoms with Gasteiger partial charge in [0, 0.05) is 30.4 Å². The summed E-state index contributed by atoms with van der Waals surface area (Å²) in [6.07, 6.45) is 4.10. The zero-order valence-corrected chi connectivity index (χ0v) is 16.1. The van der Waals surface area contributed by atoms with E-state index in [1.807, 2.05) is 25.1 Å². The molecule has 3 rings (SSSR count). The fourth-order valence-corrected chi connectivity index (χ4v) is 3.39. The number of rotatable bonds is 6. The summed E-state index contributed by atoms with van der Waals surface area (Å²) < 4.78 is 0. The average Bonchev–Trinajstić information content (AvgIpc) is 3.27. The molecule has 3 heterocycles. The van der Waals surface area contributed by atoms with Crippen LogP contribution in [0.2, 0.25) is 0 Å². The Hall–Kier alpha value is -2.72. The molecule has 0 aromatic carbocycles. The van der Waals surface area contributed by atoms with Gasteiger partial charge < -0.3 is 15.2 Å². The molecule has 1 fully saturated rings. The van der Waals surface area contributed by atoms with Gasteiger partial charge in [-0.3, -0.25) is 9.78 Å². The smallest absolute Gasteiger partial charge is 0.237 e. The first kappa shape index (κ1) is 19.1. The zero-order valence-electron chi connectivity index (χ0n) is 16.1. The lowest BCUT2D eigenvalue weighted by molar-refractivity contribution is -0.130. The summed E-state index contributed by atoms with van der Waals surface area (Å²) in [6.45, 7) is 7.01. The lowest BCUT2D eigenvalue weighted by atomic mass is 9.97. The number of likely N-dealkylation sites (tertiary alicyclic amines) is 1. The molecule has 0 aliphatic carbocycles. The minimum absolute atomic E-state index is 0.0138. The molecule has 1 atom stereocenters. The van der Waals surface area contributed by atoms with Crippen molar-refractivity contribution in [2.45, 2.75) is 51.6 Å². The molecule has 2 aromatic heterocycles. The van der Waals surface area contributed by atoms with E-state index < -0.39 is 0 Å². The van der Waals surface area contributed by atoms with Crippen LogP contribution >= 0.6 is 0 Å². The number of carbonyl (C=O) groups is 1. The normalized spacial score (nSPS) is 17.1. The van der Waals surface area contributed by atoms with E-state index in [0.717, 1.165) is 35.7 Å². The van der Waals surface area contributed by atoms with Gasteiger partial charge in [0.25, 0.3) is 0 Å². The average molecular weight is 366 g/mol. The standard InChI is InChI=1S/C20H26N6O/c1-14-17(25-19(24-14)16-8-4-5-9-22-16)11-20(2,3)23-13-18(27)26-10-6-7-15(26)12-21/h4-5,8-9,15,23H,6-7,10-11,13H2,1-3H3,(H,24,25)/t15-/m0/s1. The number of nitrogens with one attached hydrogen (secondary N) is 2. The number of H-pyrrole nitrogens is 1. The number of pyridine rings is 1. The van der Waals surface area contributed by atoms with Gasteiger partial charge >= 0.3 is 0 Å². The number of aromatic nitrogens is 3. The summed E-state index contributed by atoms with van der Waals surface area (Å²) in [6, 6.07) is 7.67. The zero-order chi connectivity index (χ0) is 19.4. The molecule has 7 heteroatoms. The lowest BCUT2D eigenvalue weighted by Gasteiger charge is -2.28. The third kappa shape index (κ3) is 4.52. The third-order valence-corrected chi connectivity index (χ3v) is 4.94. The molecular weight excluding hydrogens is 340 g/mol. The molecule has 0 saturated carbocycles. The molecule has 2 N–H and O–H groups in total. The molecule has 27 heavy (non-hydrogen) atoms. The Morgan fingerprint density at radius 2 is 2.30 bits per heavy atom. The van der Waals surface area contributed by atoms with Crippen LogP contribution in [-0.4, -0.2) is 50.4 Å². The maximum absolute atomic E-state index is 12.5.